The number of methoxy groups -OCH3 is 1. The quantitative estimate of drug-likeness (QED) is 0.245. The molecular formula is C27H25N3O5S. The van der Waals surface area contributed by atoms with Gasteiger partial charge in [0.05, 0.1) is 29.7 Å². The summed E-state index contributed by atoms with van der Waals surface area (Å²) < 4.78 is 11.4. The van der Waals surface area contributed by atoms with Crippen LogP contribution in [0.1, 0.15) is 31.0 Å². The van der Waals surface area contributed by atoms with Gasteiger partial charge in [0.2, 0.25) is 0 Å². The smallest absolute Gasteiger partial charge is 0.279 e. The van der Waals surface area contributed by atoms with Crippen LogP contribution in [0.15, 0.2) is 84.1 Å². The Labute approximate surface area is 214 Å². The Balaban J connectivity index is 1.80. The molecule has 1 aliphatic rings. The lowest BCUT2D eigenvalue weighted by Gasteiger charge is -2.37. The van der Waals surface area contributed by atoms with Crippen molar-refractivity contribution in [2.75, 3.05) is 12.0 Å². The van der Waals surface area contributed by atoms with Crippen molar-refractivity contribution in [3.05, 3.63) is 105 Å². The van der Waals surface area contributed by atoms with Crippen molar-refractivity contribution in [1.82, 2.24) is 5.32 Å². The Hall–Kier alpha value is -4.24. The minimum atomic E-state index is -0.840. The van der Waals surface area contributed by atoms with Crippen molar-refractivity contribution in [1.29, 1.82) is 0 Å². The lowest BCUT2D eigenvalue weighted by Crippen LogP contribution is -2.47. The molecule has 9 heteroatoms. The normalized spacial score (nSPS) is 15.4. The van der Waals surface area contributed by atoms with Crippen molar-refractivity contribution in [3.8, 4) is 11.5 Å². The third-order valence-electron chi connectivity index (χ3n) is 5.94. The number of carbonyl (C=O) groups is 1. The summed E-state index contributed by atoms with van der Waals surface area (Å²) in [5.41, 5.74) is 2.70. The van der Waals surface area contributed by atoms with E-state index in [1.165, 1.54) is 26.2 Å². The molecule has 0 radical (unpaired) electrons. The zero-order valence-electron chi connectivity index (χ0n) is 20.1. The molecule has 8 nitrogen and oxygen atoms in total. The number of Topliss-reactive ketones (excluding diaryl/α,β-unsaturated/α-hetero) is 1. The molecule has 0 bridgehead atoms. The van der Waals surface area contributed by atoms with Crippen LogP contribution in [-0.4, -0.2) is 22.9 Å². The third kappa shape index (κ3) is 4.92. The number of hydrogen-bond acceptors (Lipinski definition) is 6. The number of rotatable bonds is 8. The maximum absolute atomic E-state index is 12.8. The van der Waals surface area contributed by atoms with Crippen LogP contribution in [0.5, 0.6) is 11.5 Å². The summed E-state index contributed by atoms with van der Waals surface area (Å²) in [7, 11) is 1.46. The fraction of sp³-hybridized carbons (Fsp3) is 0.185. The van der Waals surface area contributed by atoms with Crippen molar-refractivity contribution in [2.45, 2.75) is 26.5 Å². The summed E-state index contributed by atoms with van der Waals surface area (Å²) in [5.74, 6) is 0.308. The molecule has 0 spiro atoms. The van der Waals surface area contributed by atoms with E-state index in [0.29, 0.717) is 22.1 Å². The zero-order valence-corrected chi connectivity index (χ0v) is 20.9. The van der Waals surface area contributed by atoms with Gasteiger partial charge in [-0.1, -0.05) is 48.5 Å². The van der Waals surface area contributed by atoms with Gasteiger partial charge in [0, 0.05) is 17.0 Å². The predicted octanol–water partition coefficient (Wildman–Crippen LogP) is 5.48. The van der Waals surface area contributed by atoms with Crippen LogP contribution in [0, 0.1) is 10.1 Å². The Morgan fingerprint density at radius 1 is 1.08 bits per heavy atom. The Morgan fingerprint density at radius 3 is 2.31 bits per heavy atom. The van der Waals surface area contributed by atoms with Crippen LogP contribution in [0.3, 0.4) is 0 Å². The number of carbonyl (C=O) groups excluding carboxylic acids is 1. The molecule has 3 aromatic carbocycles. The number of nitro benzene ring substituents is 1. The van der Waals surface area contributed by atoms with Gasteiger partial charge in [-0.25, -0.2) is 0 Å². The van der Waals surface area contributed by atoms with Crippen molar-refractivity contribution in [2.24, 2.45) is 0 Å². The number of nitrogens with zero attached hydrogens (tertiary/aromatic N) is 2. The first kappa shape index (κ1) is 24.9. The first-order valence-corrected chi connectivity index (χ1v) is 11.6. The number of ether oxygens (including phenoxy) is 2. The lowest BCUT2D eigenvalue weighted by molar-refractivity contribution is -0.385. The number of benzene rings is 3. The van der Waals surface area contributed by atoms with E-state index in [2.05, 4.69) is 5.32 Å². The molecule has 0 aliphatic carbocycles. The molecule has 184 valence electrons. The number of nitrogens with one attached hydrogen (secondary N) is 1. The van der Waals surface area contributed by atoms with E-state index in [0.717, 1.165) is 11.3 Å². The molecule has 0 saturated heterocycles. The second-order valence-electron chi connectivity index (χ2n) is 8.20. The van der Waals surface area contributed by atoms with Crippen molar-refractivity contribution >= 4 is 34.5 Å². The first-order chi connectivity index (χ1) is 17.3. The van der Waals surface area contributed by atoms with Crippen LogP contribution in [0.2, 0.25) is 0 Å². The summed E-state index contributed by atoms with van der Waals surface area (Å²) in [6.45, 7) is 3.43. The van der Waals surface area contributed by atoms with Gasteiger partial charge in [0.25, 0.3) is 5.69 Å². The predicted molar refractivity (Wildman–Crippen MR) is 141 cm³/mol. The Morgan fingerprint density at radius 2 is 1.72 bits per heavy atom. The lowest BCUT2D eigenvalue weighted by atomic mass is 9.91. The SMILES string of the molecule is COc1cc([C@H]2NC(=S)N(c3ccccc3)C(C)=C2C(C)=O)c([N+](=O)[O-])cc1OCc1ccccc1. The molecule has 4 rings (SSSR count). The number of thiocarbonyl (C=S) groups is 1. The van der Waals surface area contributed by atoms with Gasteiger partial charge in [0.15, 0.2) is 22.4 Å². The van der Waals surface area contributed by atoms with Crippen molar-refractivity contribution < 1.29 is 19.2 Å². The largest absolute Gasteiger partial charge is 0.493 e. The minimum absolute atomic E-state index is 0.209. The summed E-state index contributed by atoms with van der Waals surface area (Å²) in [6.07, 6.45) is 0. The van der Waals surface area contributed by atoms with Gasteiger partial charge < -0.3 is 14.8 Å². The molecule has 0 saturated carbocycles. The topological polar surface area (TPSA) is 93.9 Å². The Bertz CT molecular complexity index is 1340. The Kier molecular flexibility index (Phi) is 7.30. The highest BCUT2D eigenvalue weighted by Crippen LogP contribution is 2.42. The average molecular weight is 504 g/mol. The number of hydrogen-bond donors (Lipinski definition) is 1. The molecule has 1 aliphatic heterocycles. The first-order valence-electron chi connectivity index (χ1n) is 11.2. The van der Waals surface area contributed by atoms with Crippen LogP contribution >= 0.6 is 12.2 Å². The molecule has 0 amide bonds. The summed E-state index contributed by atoms with van der Waals surface area (Å²) >= 11 is 5.64. The van der Waals surface area contributed by atoms with Gasteiger partial charge in [-0.05, 0) is 49.8 Å². The van der Waals surface area contributed by atoms with E-state index < -0.39 is 11.0 Å². The third-order valence-corrected chi connectivity index (χ3v) is 6.24. The molecule has 0 fully saturated rings. The molecule has 0 unspecified atom stereocenters. The van der Waals surface area contributed by atoms with Gasteiger partial charge >= 0.3 is 0 Å². The molecule has 36 heavy (non-hydrogen) atoms. The van der Waals surface area contributed by atoms with E-state index in [9.17, 15) is 14.9 Å². The summed E-state index contributed by atoms with van der Waals surface area (Å²) in [6, 6.07) is 20.9. The standard InChI is InChI=1S/C27H25N3O5S/c1-17-25(18(2)31)26(28-27(36)29(17)20-12-8-5-9-13-20)21-14-23(34-3)24(15-22(21)30(32)33)35-16-19-10-6-4-7-11-19/h4-15,26H,16H2,1-3H3,(H,28,36)/t26-/m1/s1. The maximum atomic E-state index is 12.8. The van der Waals surface area contributed by atoms with Gasteiger partial charge in [0.1, 0.15) is 6.61 Å². The second-order valence-corrected chi connectivity index (χ2v) is 8.59. The fourth-order valence-electron chi connectivity index (χ4n) is 4.28. The maximum Gasteiger partial charge on any atom is 0.279 e. The number of ketones is 1. The van der Waals surface area contributed by atoms with E-state index in [1.54, 1.807) is 11.8 Å². The second kappa shape index (κ2) is 10.6. The summed E-state index contributed by atoms with van der Waals surface area (Å²) in [5, 5.41) is 15.6. The van der Waals surface area contributed by atoms with E-state index in [4.69, 9.17) is 21.7 Å². The van der Waals surface area contributed by atoms with E-state index >= 15 is 0 Å². The van der Waals surface area contributed by atoms with Crippen molar-refractivity contribution in [3.63, 3.8) is 0 Å². The van der Waals surface area contributed by atoms with Crippen LogP contribution in [0.4, 0.5) is 11.4 Å². The number of nitro groups is 1. The van der Waals surface area contributed by atoms with Crippen LogP contribution in [0.25, 0.3) is 0 Å². The molecule has 1 heterocycles. The highest BCUT2D eigenvalue weighted by molar-refractivity contribution is 7.80. The van der Waals surface area contributed by atoms with Crippen LogP contribution in [-0.2, 0) is 11.4 Å². The highest BCUT2D eigenvalue weighted by atomic mass is 32.1. The van der Waals surface area contributed by atoms with Crippen LogP contribution < -0.4 is 19.7 Å². The van der Waals surface area contributed by atoms with E-state index in [1.807, 2.05) is 60.7 Å². The monoisotopic (exact) mass is 503 g/mol. The molecule has 1 atom stereocenters. The van der Waals surface area contributed by atoms with Gasteiger partial charge in [-0.15, -0.1) is 0 Å². The molecular weight excluding hydrogens is 478 g/mol. The van der Waals surface area contributed by atoms with Gasteiger partial charge in [-0.2, -0.15) is 0 Å². The molecule has 3 aromatic rings. The molecule has 0 aromatic heterocycles. The average Bonchev–Trinajstić information content (AvgIpc) is 2.87. The minimum Gasteiger partial charge on any atom is -0.493 e. The number of allylic oxidation sites excluding steroid dienone is 1. The fourth-order valence-corrected chi connectivity index (χ4v) is 4.64. The van der Waals surface area contributed by atoms with E-state index in [-0.39, 0.29) is 29.4 Å². The number of para-hydroxylation sites is 1. The zero-order chi connectivity index (χ0) is 25.8. The summed E-state index contributed by atoms with van der Waals surface area (Å²) in [4.78, 5) is 26.3. The molecule has 1 N–H and O–H groups in total. The van der Waals surface area contributed by atoms with Gasteiger partial charge in [-0.3, -0.25) is 19.8 Å². The highest BCUT2D eigenvalue weighted by Gasteiger charge is 2.37. The number of anilines is 1.